The van der Waals surface area contributed by atoms with Crippen molar-refractivity contribution in [1.82, 2.24) is 0 Å². The molecule has 29 heavy (non-hydrogen) atoms. The van der Waals surface area contributed by atoms with Gasteiger partial charge in [-0.25, -0.2) is 0 Å². The minimum Gasteiger partial charge on any atom is -0.508 e. The Morgan fingerprint density at radius 2 is 1.93 bits per heavy atom. The van der Waals surface area contributed by atoms with Crippen molar-refractivity contribution in [3.8, 4) is 5.75 Å². The summed E-state index contributed by atoms with van der Waals surface area (Å²) >= 11 is 0. The van der Waals surface area contributed by atoms with E-state index in [1.54, 1.807) is 12.1 Å². The molecule has 2 fully saturated rings. The highest BCUT2D eigenvalue weighted by atomic mass is 16.5. The van der Waals surface area contributed by atoms with Gasteiger partial charge in [-0.3, -0.25) is 4.79 Å². The first-order valence-electron chi connectivity index (χ1n) is 10.6. The molecule has 0 spiro atoms. The molecule has 1 aromatic carbocycles. The van der Waals surface area contributed by atoms with Gasteiger partial charge in [0, 0.05) is 18.3 Å². The summed E-state index contributed by atoms with van der Waals surface area (Å²) in [6.07, 6.45) is 13.0. The van der Waals surface area contributed by atoms with E-state index < -0.39 is 12.1 Å². The lowest BCUT2D eigenvalue weighted by atomic mass is 9.77. The number of hydrogen-bond donors (Lipinski definition) is 3. The van der Waals surface area contributed by atoms with E-state index in [4.69, 9.17) is 9.84 Å². The third-order valence-electron chi connectivity index (χ3n) is 6.28. The number of carboxylic acids is 1. The second-order valence-corrected chi connectivity index (χ2v) is 8.28. The molecule has 2 saturated heterocycles. The Kier molecular flexibility index (Phi) is 7.51. The van der Waals surface area contributed by atoms with E-state index >= 15 is 0 Å². The molecule has 2 bridgehead atoms. The summed E-state index contributed by atoms with van der Waals surface area (Å²) in [5.41, 5.74) is 0.991. The number of benzene rings is 1. The van der Waals surface area contributed by atoms with E-state index in [-0.39, 0.29) is 30.3 Å². The highest BCUT2D eigenvalue weighted by Gasteiger charge is 2.46. The van der Waals surface area contributed by atoms with Crippen LogP contribution in [0.1, 0.15) is 56.9 Å². The van der Waals surface area contributed by atoms with Gasteiger partial charge in [-0.15, -0.1) is 0 Å². The standard InChI is InChI=1S/C24H32O5/c1-16(17-8-10-18(25)11-9-17)21(26)13-12-20-19(22-14-15-23(20)29-22)6-4-2-3-5-7-24(27)28/h2,4,8-13,16,19-23,25-26H,3,5-7,14-15H2,1H3,(H,27,28)/t16?,19-,20+,21?,22-,23+/m0/s1. The van der Waals surface area contributed by atoms with Crippen molar-refractivity contribution in [2.24, 2.45) is 11.8 Å². The van der Waals surface area contributed by atoms with Crippen LogP contribution in [-0.4, -0.2) is 39.6 Å². The predicted octanol–water partition coefficient (Wildman–Crippen LogP) is 4.41. The van der Waals surface area contributed by atoms with Crippen molar-refractivity contribution >= 4 is 5.97 Å². The van der Waals surface area contributed by atoms with Crippen LogP contribution in [0.25, 0.3) is 0 Å². The maximum atomic E-state index is 10.6. The molecule has 0 amide bonds. The maximum absolute atomic E-state index is 10.6. The maximum Gasteiger partial charge on any atom is 0.303 e. The molecule has 2 heterocycles. The molecular weight excluding hydrogens is 368 g/mol. The molecule has 0 aliphatic carbocycles. The third-order valence-corrected chi connectivity index (χ3v) is 6.28. The number of aromatic hydroxyl groups is 1. The zero-order chi connectivity index (χ0) is 20.8. The minimum absolute atomic E-state index is 0.0565. The number of aliphatic carboxylic acids is 1. The quantitative estimate of drug-likeness (QED) is 0.400. The molecule has 6 atom stereocenters. The van der Waals surface area contributed by atoms with Crippen LogP contribution in [-0.2, 0) is 9.53 Å². The molecule has 2 aliphatic rings. The summed E-state index contributed by atoms with van der Waals surface area (Å²) in [5, 5.41) is 28.8. The van der Waals surface area contributed by atoms with Crippen molar-refractivity contribution in [2.75, 3.05) is 0 Å². The second kappa shape index (κ2) is 10.1. The predicted molar refractivity (Wildman–Crippen MR) is 112 cm³/mol. The van der Waals surface area contributed by atoms with Gasteiger partial charge in [0.15, 0.2) is 0 Å². The van der Waals surface area contributed by atoms with E-state index in [1.807, 2.05) is 25.1 Å². The smallest absolute Gasteiger partial charge is 0.303 e. The van der Waals surface area contributed by atoms with E-state index in [9.17, 15) is 15.0 Å². The Balaban J connectivity index is 1.55. The number of ether oxygens (including phenoxy) is 1. The normalized spacial score (nSPS) is 28.3. The van der Waals surface area contributed by atoms with E-state index in [0.717, 1.165) is 31.2 Å². The Bertz CT molecular complexity index is 723. The van der Waals surface area contributed by atoms with Gasteiger partial charge in [-0.1, -0.05) is 43.4 Å². The van der Waals surface area contributed by atoms with E-state index in [0.29, 0.717) is 18.3 Å². The summed E-state index contributed by atoms with van der Waals surface area (Å²) in [6, 6.07) is 6.97. The van der Waals surface area contributed by atoms with Crippen LogP contribution in [0.15, 0.2) is 48.6 Å². The van der Waals surface area contributed by atoms with Gasteiger partial charge in [0.1, 0.15) is 5.75 Å². The molecule has 1 aromatic rings. The number of rotatable bonds is 10. The lowest BCUT2D eigenvalue weighted by Crippen LogP contribution is -2.26. The van der Waals surface area contributed by atoms with Gasteiger partial charge in [-0.05, 0) is 55.7 Å². The van der Waals surface area contributed by atoms with Gasteiger partial charge >= 0.3 is 5.97 Å². The van der Waals surface area contributed by atoms with E-state index in [2.05, 4.69) is 18.2 Å². The first-order valence-corrected chi connectivity index (χ1v) is 10.6. The number of hydrogen-bond acceptors (Lipinski definition) is 4. The first-order chi connectivity index (χ1) is 14.0. The van der Waals surface area contributed by atoms with Gasteiger partial charge in [0.05, 0.1) is 18.3 Å². The lowest BCUT2D eigenvalue weighted by molar-refractivity contribution is -0.137. The molecule has 158 valence electrons. The number of aliphatic hydroxyl groups excluding tert-OH is 1. The van der Waals surface area contributed by atoms with Crippen molar-refractivity contribution < 1.29 is 24.9 Å². The van der Waals surface area contributed by atoms with Gasteiger partial charge in [0.25, 0.3) is 0 Å². The highest BCUT2D eigenvalue weighted by molar-refractivity contribution is 5.66. The molecular formula is C24H32O5. The Morgan fingerprint density at radius 1 is 1.21 bits per heavy atom. The Morgan fingerprint density at radius 3 is 2.66 bits per heavy atom. The SMILES string of the molecule is CC(c1ccc(O)cc1)C(O)C=C[C@@H]1[C@H](CC=CCCCC(=O)O)[C@@H]2CC[C@H]1O2. The van der Waals surface area contributed by atoms with Gasteiger partial charge < -0.3 is 20.1 Å². The lowest BCUT2D eigenvalue weighted by Gasteiger charge is -2.25. The fraction of sp³-hybridized carbons (Fsp3) is 0.542. The second-order valence-electron chi connectivity index (χ2n) is 8.28. The molecule has 3 N–H and O–H groups in total. The number of carbonyl (C=O) groups is 1. The summed E-state index contributed by atoms with van der Waals surface area (Å²) < 4.78 is 6.13. The molecule has 0 radical (unpaired) electrons. The number of phenolic OH excluding ortho intramolecular Hbond substituents is 1. The number of allylic oxidation sites excluding steroid dienone is 2. The number of fused-ring (bicyclic) bond motifs is 2. The van der Waals surface area contributed by atoms with Crippen LogP contribution in [0.4, 0.5) is 0 Å². The zero-order valence-electron chi connectivity index (χ0n) is 17.0. The van der Waals surface area contributed by atoms with Crippen LogP contribution < -0.4 is 0 Å². The summed E-state index contributed by atoms with van der Waals surface area (Å²) in [5.74, 6) is 0.143. The summed E-state index contributed by atoms with van der Waals surface area (Å²) in [4.78, 5) is 10.6. The van der Waals surface area contributed by atoms with Crippen molar-refractivity contribution in [2.45, 2.75) is 69.7 Å². The Hall–Kier alpha value is -2.11. The molecule has 3 rings (SSSR count). The number of aliphatic hydroxyl groups is 1. The number of unbranched alkanes of at least 4 members (excludes halogenated alkanes) is 1. The monoisotopic (exact) mass is 400 g/mol. The largest absolute Gasteiger partial charge is 0.508 e. The van der Waals surface area contributed by atoms with E-state index in [1.165, 1.54) is 0 Å². The zero-order valence-corrected chi connectivity index (χ0v) is 17.0. The minimum atomic E-state index is -0.745. The van der Waals surface area contributed by atoms with Crippen LogP contribution in [0, 0.1) is 11.8 Å². The molecule has 0 aromatic heterocycles. The topological polar surface area (TPSA) is 87.0 Å². The average Bonchev–Trinajstić information content (AvgIpc) is 3.30. The van der Waals surface area contributed by atoms with Crippen LogP contribution >= 0.6 is 0 Å². The summed E-state index contributed by atoms with van der Waals surface area (Å²) in [6.45, 7) is 1.98. The molecule has 0 saturated carbocycles. The number of carboxylic acid groups (broad SMARTS) is 1. The van der Waals surface area contributed by atoms with Gasteiger partial charge in [-0.2, -0.15) is 0 Å². The fourth-order valence-corrected chi connectivity index (χ4v) is 4.51. The molecule has 5 nitrogen and oxygen atoms in total. The van der Waals surface area contributed by atoms with Crippen LogP contribution in [0.5, 0.6) is 5.75 Å². The first kappa shape index (κ1) is 21.6. The molecule has 2 aliphatic heterocycles. The summed E-state index contributed by atoms with van der Waals surface area (Å²) in [7, 11) is 0. The van der Waals surface area contributed by atoms with Crippen LogP contribution in [0.2, 0.25) is 0 Å². The number of phenols is 1. The molecule has 5 heteroatoms. The van der Waals surface area contributed by atoms with Crippen molar-refractivity contribution in [1.29, 1.82) is 0 Å². The fourth-order valence-electron chi connectivity index (χ4n) is 4.51. The Labute approximate surface area is 172 Å². The highest BCUT2D eigenvalue weighted by Crippen LogP contribution is 2.46. The van der Waals surface area contributed by atoms with Crippen molar-refractivity contribution in [3.05, 3.63) is 54.1 Å². The van der Waals surface area contributed by atoms with Crippen LogP contribution in [0.3, 0.4) is 0 Å². The van der Waals surface area contributed by atoms with Gasteiger partial charge in [0.2, 0.25) is 0 Å². The third kappa shape index (κ3) is 5.71. The van der Waals surface area contributed by atoms with Crippen molar-refractivity contribution in [3.63, 3.8) is 0 Å². The average molecular weight is 401 g/mol. The molecule has 2 unspecified atom stereocenters.